The molecule has 0 aliphatic heterocycles. The minimum atomic E-state index is 0.731. The summed E-state index contributed by atoms with van der Waals surface area (Å²) < 4.78 is 0. The molecule has 0 saturated heterocycles. The van der Waals surface area contributed by atoms with Crippen LogP contribution in [0.1, 0.15) is 6.42 Å². The average molecular weight is 226 g/mol. The van der Waals surface area contributed by atoms with E-state index >= 15 is 0 Å². The van der Waals surface area contributed by atoms with Gasteiger partial charge in [0, 0.05) is 12.2 Å². The topological polar surface area (TPSA) is 38.0 Å². The van der Waals surface area contributed by atoms with E-state index in [2.05, 4.69) is 53.8 Å². The van der Waals surface area contributed by atoms with Gasteiger partial charge in [0.2, 0.25) is 0 Å². The lowest BCUT2D eigenvalue weighted by Crippen LogP contribution is -2.08. The molecule has 0 fully saturated rings. The molecule has 0 spiro atoms. The quantitative estimate of drug-likeness (QED) is 0.769. The summed E-state index contributed by atoms with van der Waals surface area (Å²) in [6.45, 7) is 1.66. The third-order valence-electron chi connectivity index (χ3n) is 2.70. The predicted molar refractivity (Wildman–Crippen MR) is 74.0 cm³/mol. The maximum Gasteiger partial charge on any atom is 0.0340 e. The minimum Gasteiger partial charge on any atom is -0.385 e. The number of benzene rings is 2. The van der Waals surface area contributed by atoms with Crippen molar-refractivity contribution >= 4 is 5.69 Å². The third-order valence-corrected chi connectivity index (χ3v) is 2.70. The molecule has 0 heterocycles. The lowest BCUT2D eigenvalue weighted by atomic mass is 10.1. The second-order valence-electron chi connectivity index (χ2n) is 4.01. The van der Waals surface area contributed by atoms with Gasteiger partial charge in [-0.05, 0) is 36.2 Å². The summed E-state index contributed by atoms with van der Waals surface area (Å²) in [7, 11) is 0. The van der Waals surface area contributed by atoms with Crippen LogP contribution in [0, 0.1) is 0 Å². The zero-order valence-corrected chi connectivity index (χ0v) is 9.89. The SMILES string of the molecule is NCCCNc1ccc(-c2ccccc2)cc1. The smallest absolute Gasteiger partial charge is 0.0340 e. The van der Waals surface area contributed by atoms with Gasteiger partial charge in [-0.15, -0.1) is 0 Å². The van der Waals surface area contributed by atoms with E-state index in [1.165, 1.54) is 11.1 Å². The Kier molecular flexibility index (Phi) is 4.17. The Morgan fingerprint density at radius 2 is 1.47 bits per heavy atom. The molecule has 88 valence electrons. The molecule has 0 aliphatic carbocycles. The van der Waals surface area contributed by atoms with E-state index in [4.69, 9.17) is 5.73 Å². The van der Waals surface area contributed by atoms with Crippen LogP contribution in [0.25, 0.3) is 11.1 Å². The first kappa shape index (κ1) is 11.7. The van der Waals surface area contributed by atoms with E-state index < -0.39 is 0 Å². The van der Waals surface area contributed by atoms with Gasteiger partial charge < -0.3 is 11.1 Å². The fourth-order valence-corrected chi connectivity index (χ4v) is 1.75. The molecule has 0 radical (unpaired) electrons. The highest BCUT2D eigenvalue weighted by Crippen LogP contribution is 2.20. The van der Waals surface area contributed by atoms with Gasteiger partial charge in [-0.3, -0.25) is 0 Å². The van der Waals surface area contributed by atoms with Crippen molar-refractivity contribution in [3.63, 3.8) is 0 Å². The zero-order chi connectivity index (χ0) is 11.9. The van der Waals surface area contributed by atoms with Crippen LogP contribution in [-0.2, 0) is 0 Å². The molecule has 0 unspecified atom stereocenters. The van der Waals surface area contributed by atoms with Crippen LogP contribution in [0.2, 0.25) is 0 Å². The largest absolute Gasteiger partial charge is 0.385 e. The molecule has 2 aromatic carbocycles. The Hall–Kier alpha value is -1.80. The van der Waals surface area contributed by atoms with E-state index in [1.54, 1.807) is 0 Å². The summed E-state index contributed by atoms with van der Waals surface area (Å²) in [6, 6.07) is 18.9. The normalized spacial score (nSPS) is 10.2. The minimum absolute atomic E-state index is 0.731. The van der Waals surface area contributed by atoms with Crippen LogP contribution in [0.3, 0.4) is 0 Å². The maximum absolute atomic E-state index is 5.45. The molecular weight excluding hydrogens is 208 g/mol. The van der Waals surface area contributed by atoms with Crippen molar-refractivity contribution < 1.29 is 0 Å². The van der Waals surface area contributed by atoms with Gasteiger partial charge in [0.15, 0.2) is 0 Å². The Morgan fingerprint density at radius 3 is 2.12 bits per heavy atom. The molecule has 2 nitrogen and oxygen atoms in total. The van der Waals surface area contributed by atoms with Crippen LogP contribution in [0.15, 0.2) is 54.6 Å². The van der Waals surface area contributed by atoms with Crippen LogP contribution < -0.4 is 11.1 Å². The van der Waals surface area contributed by atoms with Crippen molar-refractivity contribution in [1.82, 2.24) is 0 Å². The first-order valence-corrected chi connectivity index (χ1v) is 5.99. The molecule has 0 amide bonds. The van der Waals surface area contributed by atoms with Gasteiger partial charge in [0.1, 0.15) is 0 Å². The van der Waals surface area contributed by atoms with Crippen molar-refractivity contribution in [3.8, 4) is 11.1 Å². The van der Waals surface area contributed by atoms with Gasteiger partial charge in [-0.2, -0.15) is 0 Å². The van der Waals surface area contributed by atoms with Gasteiger partial charge in [-0.25, -0.2) is 0 Å². The number of rotatable bonds is 5. The van der Waals surface area contributed by atoms with Crippen molar-refractivity contribution in [1.29, 1.82) is 0 Å². The van der Waals surface area contributed by atoms with Crippen LogP contribution >= 0.6 is 0 Å². The highest BCUT2D eigenvalue weighted by atomic mass is 14.9. The highest BCUT2D eigenvalue weighted by Gasteiger charge is 1.96. The van der Waals surface area contributed by atoms with E-state index in [0.29, 0.717) is 0 Å². The van der Waals surface area contributed by atoms with Crippen molar-refractivity contribution in [2.45, 2.75) is 6.42 Å². The van der Waals surface area contributed by atoms with E-state index in [1.807, 2.05) is 6.07 Å². The summed E-state index contributed by atoms with van der Waals surface area (Å²) in [6.07, 6.45) is 1.00. The van der Waals surface area contributed by atoms with E-state index in [0.717, 1.165) is 25.2 Å². The lowest BCUT2D eigenvalue weighted by Gasteiger charge is -2.07. The Morgan fingerprint density at radius 1 is 0.824 bits per heavy atom. The zero-order valence-electron chi connectivity index (χ0n) is 9.89. The molecule has 2 heteroatoms. The average Bonchev–Trinajstić information content (AvgIpc) is 2.41. The third kappa shape index (κ3) is 3.33. The molecule has 2 rings (SSSR count). The van der Waals surface area contributed by atoms with Crippen molar-refractivity contribution in [2.75, 3.05) is 18.4 Å². The van der Waals surface area contributed by atoms with Gasteiger partial charge >= 0.3 is 0 Å². The van der Waals surface area contributed by atoms with Gasteiger partial charge in [-0.1, -0.05) is 42.5 Å². The fourth-order valence-electron chi connectivity index (χ4n) is 1.75. The predicted octanol–water partition coefficient (Wildman–Crippen LogP) is 3.11. The summed E-state index contributed by atoms with van der Waals surface area (Å²) in [5, 5.41) is 3.34. The standard InChI is InChI=1S/C15H18N2/c16-11-4-12-17-15-9-7-14(8-10-15)13-5-2-1-3-6-13/h1-3,5-10,17H,4,11-12,16H2. The highest BCUT2D eigenvalue weighted by molar-refractivity contribution is 5.65. The summed E-state index contributed by atoms with van der Waals surface area (Å²) >= 11 is 0. The Balaban J connectivity index is 2.03. The van der Waals surface area contributed by atoms with E-state index in [9.17, 15) is 0 Å². The number of hydrogen-bond donors (Lipinski definition) is 2. The molecular formula is C15H18N2. The fraction of sp³-hybridized carbons (Fsp3) is 0.200. The molecule has 0 aromatic heterocycles. The first-order valence-electron chi connectivity index (χ1n) is 5.99. The molecule has 0 saturated carbocycles. The molecule has 17 heavy (non-hydrogen) atoms. The monoisotopic (exact) mass is 226 g/mol. The summed E-state index contributed by atoms with van der Waals surface area (Å²) in [5.74, 6) is 0. The number of hydrogen-bond acceptors (Lipinski definition) is 2. The summed E-state index contributed by atoms with van der Waals surface area (Å²) in [4.78, 5) is 0. The Labute approximate surface area is 102 Å². The number of nitrogens with one attached hydrogen (secondary N) is 1. The Bertz CT molecular complexity index is 434. The van der Waals surface area contributed by atoms with Gasteiger partial charge in [0.05, 0.1) is 0 Å². The second kappa shape index (κ2) is 6.06. The second-order valence-corrected chi connectivity index (χ2v) is 4.01. The van der Waals surface area contributed by atoms with Crippen LogP contribution in [0.4, 0.5) is 5.69 Å². The van der Waals surface area contributed by atoms with Crippen LogP contribution in [0.5, 0.6) is 0 Å². The first-order chi connectivity index (χ1) is 8.40. The molecule has 0 aliphatic rings. The summed E-state index contributed by atoms with van der Waals surface area (Å²) in [5.41, 5.74) is 9.10. The van der Waals surface area contributed by atoms with Crippen molar-refractivity contribution in [3.05, 3.63) is 54.6 Å². The molecule has 0 atom stereocenters. The molecule has 2 aromatic rings. The van der Waals surface area contributed by atoms with Gasteiger partial charge in [0.25, 0.3) is 0 Å². The lowest BCUT2D eigenvalue weighted by molar-refractivity contribution is 0.874. The number of nitrogens with two attached hydrogens (primary N) is 1. The van der Waals surface area contributed by atoms with E-state index in [-0.39, 0.29) is 0 Å². The van der Waals surface area contributed by atoms with Crippen molar-refractivity contribution in [2.24, 2.45) is 5.73 Å². The number of anilines is 1. The molecule has 3 N–H and O–H groups in total. The maximum atomic E-state index is 5.45. The molecule has 0 bridgehead atoms. The van der Waals surface area contributed by atoms with Crippen LogP contribution in [-0.4, -0.2) is 13.1 Å².